The van der Waals surface area contributed by atoms with Crippen molar-refractivity contribution in [3.63, 3.8) is 0 Å². The lowest BCUT2D eigenvalue weighted by Gasteiger charge is -2.35. The topological polar surface area (TPSA) is 69.6 Å². The van der Waals surface area contributed by atoms with Crippen LogP contribution in [0.25, 0.3) is 0 Å². The molecule has 1 aromatic heterocycles. The molecule has 0 aliphatic carbocycles. The molecular weight excluding hydrogens is 342 g/mol. The zero-order chi connectivity index (χ0) is 18.6. The molecule has 7 heteroatoms. The fraction of sp³-hybridized carbons (Fsp3) is 0.400. The van der Waals surface area contributed by atoms with Crippen LogP contribution in [0.4, 0.5) is 11.6 Å². The number of anilines is 2. The predicted molar refractivity (Wildman–Crippen MR) is 103 cm³/mol. The highest BCUT2D eigenvalue weighted by atomic mass is 16.2. The normalized spacial score (nSPS) is 16.8. The van der Waals surface area contributed by atoms with Crippen LogP contribution in [0.3, 0.4) is 0 Å². The highest BCUT2D eigenvalue weighted by Gasteiger charge is 2.28. The van der Waals surface area contributed by atoms with Crippen LogP contribution in [-0.2, 0) is 16.0 Å². The van der Waals surface area contributed by atoms with Gasteiger partial charge in [0.05, 0.1) is 0 Å². The maximum absolute atomic E-state index is 12.7. The second kappa shape index (κ2) is 7.73. The van der Waals surface area contributed by atoms with E-state index in [0.29, 0.717) is 38.7 Å². The van der Waals surface area contributed by atoms with Gasteiger partial charge in [0.1, 0.15) is 6.42 Å². The number of aromatic nitrogens is 2. The molecule has 7 nitrogen and oxygen atoms in total. The quantitative estimate of drug-likeness (QED) is 0.771. The van der Waals surface area contributed by atoms with Crippen molar-refractivity contribution in [3.05, 3.63) is 48.3 Å². The van der Waals surface area contributed by atoms with Gasteiger partial charge >= 0.3 is 0 Å². The highest BCUT2D eigenvalue weighted by Crippen LogP contribution is 2.27. The Morgan fingerprint density at radius 1 is 0.889 bits per heavy atom. The number of hydrogen-bond acceptors (Lipinski definition) is 5. The van der Waals surface area contributed by atoms with E-state index in [4.69, 9.17) is 0 Å². The number of amides is 2. The van der Waals surface area contributed by atoms with E-state index in [9.17, 15) is 9.59 Å². The van der Waals surface area contributed by atoms with E-state index < -0.39 is 0 Å². The molecule has 0 bridgehead atoms. The van der Waals surface area contributed by atoms with Crippen molar-refractivity contribution in [1.82, 2.24) is 14.9 Å². The monoisotopic (exact) mass is 365 g/mol. The van der Waals surface area contributed by atoms with Gasteiger partial charge in [-0.25, -0.2) is 9.97 Å². The van der Waals surface area contributed by atoms with Crippen molar-refractivity contribution >= 4 is 23.5 Å². The van der Waals surface area contributed by atoms with Crippen LogP contribution in [-0.4, -0.2) is 59.4 Å². The number of hydrogen-bond donors (Lipinski definition) is 0. The van der Waals surface area contributed by atoms with E-state index in [-0.39, 0.29) is 18.2 Å². The Morgan fingerprint density at radius 2 is 1.63 bits per heavy atom. The van der Waals surface area contributed by atoms with Crippen LogP contribution >= 0.6 is 0 Å². The summed E-state index contributed by atoms with van der Waals surface area (Å²) in [6.07, 6.45) is 5.28. The van der Waals surface area contributed by atoms with Crippen molar-refractivity contribution < 1.29 is 9.59 Å². The maximum Gasteiger partial charge on any atom is 0.236 e. The van der Waals surface area contributed by atoms with E-state index in [2.05, 4.69) is 20.9 Å². The van der Waals surface area contributed by atoms with Crippen molar-refractivity contribution in [3.8, 4) is 0 Å². The number of nitrogens with zero attached hydrogens (tertiary/aromatic N) is 5. The van der Waals surface area contributed by atoms with Gasteiger partial charge in [-0.2, -0.15) is 0 Å². The average Bonchev–Trinajstić information content (AvgIpc) is 2.74. The summed E-state index contributed by atoms with van der Waals surface area (Å²) in [5.41, 5.74) is 2.13. The first-order chi connectivity index (χ1) is 13.2. The first kappa shape index (κ1) is 17.5. The molecule has 0 radical (unpaired) electrons. The lowest BCUT2D eigenvalue weighted by atomic mass is 10.0. The Kier molecular flexibility index (Phi) is 5.00. The molecule has 0 unspecified atom stereocenters. The van der Waals surface area contributed by atoms with Gasteiger partial charge in [0.25, 0.3) is 0 Å². The van der Waals surface area contributed by atoms with Gasteiger partial charge in [-0.3, -0.25) is 9.59 Å². The van der Waals surface area contributed by atoms with Gasteiger partial charge in [-0.15, -0.1) is 0 Å². The first-order valence-corrected chi connectivity index (χ1v) is 9.40. The molecule has 0 saturated carbocycles. The molecule has 2 amide bonds. The zero-order valence-electron chi connectivity index (χ0n) is 15.3. The number of para-hydroxylation sites is 1. The van der Waals surface area contributed by atoms with Gasteiger partial charge in [-0.05, 0) is 30.5 Å². The lowest BCUT2D eigenvalue weighted by Crippen LogP contribution is -2.50. The number of benzene rings is 1. The first-order valence-electron chi connectivity index (χ1n) is 9.40. The third-order valence-electron chi connectivity index (χ3n) is 5.18. The molecular formula is C20H23N5O2. The SMILES string of the molecule is O=C(CC(=O)N1CCCc2ccccc21)N1CCN(c2ncccn2)CC1. The van der Waals surface area contributed by atoms with Crippen LogP contribution in [0.1, 0.15) is 18.4 Å². The second-order valence-electron chi connectivity index (χ2n) is 6.87. The summed E-state index contributed by atoms with van der Waals surface area (Å²) in [5.74, 6) is 0.475. The smallest absolute Gasteiger partial charge is 0.236 e. The number of aryl methyl sites for hydroxylation is 1. The Hall–Kier alpha value is -2.96. The van der Waals surface area contributed by atoms with Crippen LogP contribution in [0.5, 0.6) is 0 Å². The summed E-state index contributed by atoms with van der Waals surface area (Å²) in [6.45, 7) is 3.21. The Bertz CT molecular complexity index is 818. The third kappa shape index (κ3) is 3.77. The molecule has 2 aromatic rings. The van der Waals surface area contributed by atoms with Crippen molar-refractivity contribution in [2.24, 2.45) is 0 Å². The fourth-order valence-electron chi connectivity index (χ4n) is 3.74. The molecule has 27 heavy (non-hydrogen) atoms. The van der Waals surface area contributed by atoms with E-state index >= 15 is 0 Å². The van der Waals surface area contributed by atoms with Gasteiger partial charge in [-0.1, -0.05) is 18.2 Å². The van der Waals surface area contributed by atoms with E-state index in [1.165, 1.54) is 5.56 Å². The largest absolute Gasteiger partial charge is 0.339 e. The van der Waals surface area contributed by atoms with Crippen molar-refractivity contribution in [1.29, 1.82) is 0 Å². The molecule has 3 heterocycles. The van der Waals surface area contributed by atoms with Crippen LogP contribution < -0.4 is 9.80 Å². The predicted octanol–water partition coefficient (Wildman–Crippen LogP) is 1.49. The molecule has 0 spiro atoms. The summed E-state index contributed by atoms with van der Waals surface area (Å²) in [4.78, 5) is 39.5. The van der Waals surface area contributed by atoms with Crippen LogP contribution in [0, 0.1) is 0 Å². The summed E-state index contributed by atoms with van der Waals surface area (Å²) < 4.78 is 0. The van der Waals surface area contributed by atoms with E-state index in [1.54, 1.807) is 28.3 Å². The summed E-state index contributed by atoms with van der Waals surface area (Å²) in [7, 11) is 0. The third-order valence-corrected chi connectivity index (χ3v) is 5.18. The Labute approximate surface area is 158 Å². The molecule has 1 aromatic carbocycles. The van der Waals surface area contributed by atoms with Gasteiger partial charge in [0.15, 0.2) is 0 Å². The zero-order valence-corrected chi connectivity index (χ0v) is 15.3. The molecule has 2 aliphatic heterocycles. The van der Waals surface area contributed by atoms with Gasteiger partial charge in [0, 0.05) is 50.8 Å². The standard InChI is InChI=1S/C20H23N5O2/c26-18(23-11-13-24(14-12-23)20-21-8-4-9-22-20)15-19(27)25-10-3-6-16-5-1-2-7-17(16)25/h1-2,4-5,7-9H,3,6,10-15H2. The number of carbonyl (C=O) groups is 2. The minimum Gasteiger partial charge on any atom is -0.339 e. The van der Waals surface area contributed by atoms with Crippen LogP contribution in [0.15, 0.2) is 42.7 Å². The Balaban J connectivity index is 1.34. The molecule has 1 fully saturated rings. The van der Waals surface area contributed by atoms with Crippen LogP contribution in [0.2, 0.25) is 0 Å². The van der Waals surface area contributed by atoms with Crippen molar-refractivity contribution in [2.45, 2.75) is 19.3 Å². The maximum atomic E-state index is 12.7. The number of rotatable bonds is 3. The number of piperazine rings is 1. The minimum absolute atomic E-state index is 0.0732. The Morgan fingerprint density at radius 3 is 2.41 bits per heavy atom. The van der Waals surface area contributed by atoms with E-state index in [1.807, 2.05) is 18.2 Å². The highest BCUT2D eigenvalue weighted by molar-refractivity contribution is 6.05. The molecule has 1 saturated heterocycles. The lowest BCUT2D eigenvalue weighted by molar-refractivity contribution is -0.135. The molecule has 0 N–H and O–H groups in total. The van der Waals surface area contributed by atoms with E-state index in [0.717, 1.165) is 18.5 Å². The van der Waals surface area contributed by atoms with Crippen molar-refractivity contribution in [2.75, 3.05) is 42.5 Å². The second-order valence-corrected chi connectivity index (χ2v) is 6.87. The fourth-order valence-corrected chi connectivity index (χ4v) is 3.74. The summed E-state index contributed by atoms with van der Waals surface area (Å²) >= 11 is 0. The molecule has 2 aliphatic rings. The number of fused-ring (bicyclic) bond motifs is 1. The van der Waals surface area contributed by atoms with Gasteiger partial charge < -0.3 is 14.7 Å². The molecule has 140 valence electrons. The minimum atomic E-state index is -0.110. The molecule has 4 rings (SSSR count). The van der Waals surface area contributed by atoms with Gasteiger partial charge in [0.2, 0.25) is 17.8 Å². The molecule has 0 atom stereocenters. The summed E-state index contributed by atoms with van der Waals surface area (Å²) in [5, 5.41) is 0. The average molecular weight is 365 g/mol. The number of carbonyl (C=O) groups excluding carboxylic acids is 2. The summed E-state index contributed by atoms with van der Waals surface area (Å²) in [6, 6.07) is 9.75.